The molecule has 0 aliphatic rings. The molecule has 4 heteroatoms. The Morgan fingerprint density at radius 2 is 1.68 bits per heavy atom. The molecule has 0 aliphatic carbocycles. The van der Waals surface area contributed by atoms with Gasteiger partial charge in [-0.3, -0.25) is 4.79 Å². The second-order valence-corrected chi connectivity index (χ2v) is 7.08. The van der Waals surface area contributed by atoms with E-state index in [1.165, 1.54) is 0 Å². The Hall–Kier alpha value is -2.22. The third kappa shape index (κ3) is 7.04. The lowest BCUT2D eigenvalue weighted by molar-refractivity contribution is -0.143. The molecular formula is C21H22O3S. The Morgan fingerprint density at radius 1 is 1.04 bits per heavy atom. The van der Waals surface area contributed by atoms with Gasteiger partial charge in [0.05, 0.1) is 13.0 Å². The summed E-state index contributed by atoms with van der Waals surface area (Å²) < 4.78 is 17.3. The van der Waals surface area contributed by atoms with E-state index in [9.17, 15) is 9.35 Å². The first kappa shape index (κ1) is 19.1. The Kier molecular flexibility index (Phi) is 8.11. The molecule has 1 unspecified atom stereocenters. The lowest BCUT2D eigenvalue weighted by Crippen LogP contribution is -2.14. The summed E-state index contributed by atoms with van der Waals surface area (Å²) in [4.78, 5) is 12.3. The van der Waals surface area contributed by atoms with Crippen molar-refractivity contribution in [1.82, 2.24) is 0 Å². The van der Waals surface area contributed by atoms with Crippen LogP contribution in [0.25, 0.3) is 0 Å². The minimum atomic E-state index is -1.21. The summed E-state index contributed by atoms with van der Waals surface area (Å²) in [6.45, 7) is 2.48. The Labute approximate surface area is 152 Å². The maximum Gasteiger partial charge on any atom is 0.310 e. The van der Waals surface area contributed by atoms with Gasteiger partial charge >= 0.3 is 5.97 Å². The van der Waals surface area contributed by atoms with E-state index in [4.69, 9.17) is 4.74 Å². The number of ether oxygens (including phenoxy) is 1. The molecule has 0 spiro atoms. The lowest BCUT2D eigenvalue weighted by Gasteiger charge is -2.10. The lowest BCUT2D eigenvalue weighted by atomic mass is 10.2. The zero-order chi connectivity index (χ0) is 17.9. The predicted molar refractivity (Wildman–Crippen MR) is 101 cm³/mol. The highest BCUT2D eigenvalue weighted by molar-refractivity contribution is 7.91. The van der Waals surface area contributed by atoms with Crippen LogP contribution in [0, 0.1) is 11.8 Å². The summed E-state index contributed by atoms with van der Waals surface area (Å²) in [5.74, 6) is 6.16. The Bertz CT molecular complexity index is 714. The fourth-order valence-electron chi connectivity index (χ4n) is 2.05. The molecule has 130 valence electrons. The van der Waals surface area contributed by atoms with Crippen LogP contribution in [-0.2, 0) is 20.7 Å². The number of carbonyl (C=O) groups is 1. The maximum atomic E-state index is 12.2. The molecule has 0 fully saturated rings. The van der Waals surface area contributed by atoms with Crippen molar-refractivity contribution in [1.29, 1.82) is 0 Å². The van der Waals surface area contributed by atoms with Crippen LogP contribution in [0.15, 0.2) is 59.5 Å². The van der Waals surface area contributed by atoms with Crippen LogP contribution in [0.2, 0.25) is 0 Å². The van der Waals surface area contributed by atoms with E-state index in [0.717, 1.165) is 24.0 Å². The average Bonchev–Trinajstić information content (AvgIpc) is 2.66. The number of hydrogen-bond donors (Lipinski definition) is 0. The molecule has 1 atom stereocenters. The zero-order valence-electron chi connectivity index (χ0n) is 14.4. The molecule has 0 aromatic heterocycles. The molecule has 0 heterocycles. The van der Waals surface area contributed by atoms with Crippen molar-refractivity contribution in [3.8, 4) is 11.8 Å². The average molecular weight is 354 g/mol. The van der Waals surface area contributed by atoms with Crippen LogP contribution in [0.5, 0.6) is 0 Å². The van der Waals surface area contributed by atoms with E-state index in [1.807, 2.05) is 49.4 Å². The van der Waals surface area contributed by atoms with Gasteiger partial charge in [0.2, 0.25) is 0 Å². The van der Waals surface area contributed by atoms with Gasteiger partial charge < -0.3 is 9.29 Å². The molecule has 0 saturated carbocycles. The van der Waals surface area contributed by atoms with Crippen molar-refractivity contribution < 1.29 is 14.1 Å². The van der Waals surface area contributed by atoms with Crippen molar-refractivity contribution in [3.63, 3.8) is 0 Å². The van der Waals surface area contributed by atoms with Gasteiger partial charge in [-0.1, -0.05) is 43.4 Å². The van der Waals surface area contributed by atoms with Crippen LogP contribution in [0.3, 0.4) is 0 Å². The highest BCUT2D eigenvalue weighted by Crippen LogP contribution is 2.13. The number of hydrogen-bond acceptors (Lipinski definition) is 3. The van der Waals surface area contributed by atoms with Crippen LogP contribution >= 0.6 is 0 Å². The van der Waals surface area contributed by atoms with E-state index in [0.29, 0.717) is 11.5 Å². The molecule has 2 aromatic rings. The number of esters is 1. The largest absolute Gasteiger partial charge is 0.611 e. The fourth-order valence-corrected chi connectivity index (χ4v) is 3.08. The third-order valence-corrected chi connectivity index (χ3v) is 4.87. The second-order valence-electron chi connectivity index (χ2n) is 5.51. The summed E-state index contributed by atoms with van der Waals surface area (Å²) in [5, 5.41) is 0. The van der Waals surface area contributed by atoms with Gasteiger partial charge in [-0.15, -0.1) is 0 Å². The summed E-state index contributed by atoms with van der Waals surface area (Å²) in [5.41, 5.74) is 1.82. The van der Waals surface area contributed by atoms with E-state index in [-0.39, 0.29) is 18.1 Å². The minimum Gasteiger partial charge on any atom is -0.611 e. The smallest absolute Gasteiger partial charge is 0.310 e. The quantitative estimate of drug-likeness (QED) is 0.328. The van der Waals surface area contributed by atoms with Crippen molar-refractivity contribution >= 4 is 17.1 Å². The molecule has 0 amide bonds. The first-order valence-corrected chi connectivity index (χ1v) is 9.72. The van der Waals surface area contributed by atoms with Crippen molar-refractivity contribution in [3.05, 3.63) is 65.7 Å². The Morgan fingerprint density at radius 3 is 2.32 bits per heavy atom. The molecule has 0 saturated heterocycles. The molecule has 25 heavy (non-hydrogen) atoms. The van der Waals surface area contributed by atoms with Gasteiger partial charge in [0.25, 0.3) is 0 Å². The molecule has 0 radical (unpaired) electrons. The maximum absolute atomic E-state index is 12.2. The van der Waals surface area contributed by atoms with Gasteiger partial charge in [0.1, 0.15) is 5.75 Å². The van der Waals surface area contributed by atoms with Crippen LogP contribution in [0.4, 0.5) is 0 Å². The minimum absolute atomic E-state index is 0.173. The SMILES string of the molecule is CCCCOC(=O)CC[S+]([O-])c1ccc(C#Cc2ccccc2)cc1. The Balaban J connectivity index is 1.85. The topological polar surface area (TPSA) is 49.4 Å². The molecule has 0 N–H and O–H groups in total. The van der Waals surface area contributed by atoms with Crippen molar-refractivity contribution in [2.45, 2.75) is 31.1 Å². The first-order valence-electron chi connectivity index (χ1n) is 8.40. The zero-order valence-corrected chi connectivity index (χ0v) is 15.2. The molecule has 0 bridgehead atoms. The number of benzene rings is 2. The predicted octanol–water partition coefficient (Wildman–Crippen LogP) is 3.93. The van der Waals surface area contributed by atoms with E-state index in [1.54, 1.807) is 12.1 Å². The first-order chi connectivity index (χ1) is 12.2. The summed E-state index contributed by atoms with van der Waals surface area (Å²) in [6.07, 6.45) is 2.02. The number of rotatable bonds is 7. The summed E-state index contributed by atoms with van der Waals surface area (Å²) in [6, 6.07) is 17.1. The van der Waals surface area contributed by atoms with Gasteiger partial charge in [0, 0.05) is 11.1 Å². The number of unbranched alkanes of at least 4 members (excludes halogenated alkanes) is 1. The second kappa shape index (κ2) is 10.6. The molecular weight excluding hydrogens is 332 g/mol. The van der Waals surface area contributed by atoms with Crippen LogP contribution in [-0.4, -0.2) is 22.9 Å². The van der Waals surface area contributed by atoms with E-state index >= 15 is 0 Å². The van der Waals surface area contributed by atoms with Gasteiger partial charge in [0.15, 0.2) is 4.90 Å². The van der Waals surface area contributed by atoms with Gasteiger partial charge in [-0.05, 0) is 54.0 Å². The monoisotopic (exact) mass is 354 g/mol. The summed E-state index contributed by atoms with van der Waals surface area (Å²) in [7, 11) is 0. The molecule has 3 nitrogen and oxygen atoms in total. The van der Waals surface area contributed by atoms with Gasteiger partial charge in [-0.2, -0.15) is 0 Å². The highest BCUT2D eigenvalue weighted by Gasteiger charge is 2.14. The third-order valence-electron chi connectivity index (χ3n) is 3.49. The highest BCUT2D eigenvalue weighted by atomic mass is 32.2. The molecule has 2 rings (SSSR count). The normalized spacial score (nSPS) is 11.3. The standard InChI is InChI=1S/C21H22O3S/c1-2-3-16-24-21(22)15-17-25(23)20-13-11-19(12-14-20)10-9-18-7-5-4-6-8-18/h4-8,11-14H,2-3,15-17H2,1H3. The van der Waals surface area contributed by atoms with E-state index < -0.39 is 11.2 Å². The van der Waals surface area contributed by atoms with Crippen molar-refractivity contribution in [2.75, 3.05) is 12.4 Å². The molecule has 0 aliphatic heterocycles. The molecule has 2 aromatic carbocycles. The fraction of sp³-hybridized carbons (Fsp3) is 0.286. The van der Waals surface area contributed by atoms with E-state index in [2.05, 4.69) is 11.8 Å². The van der Waals surface area contributed by atoms with Crippen LogP contribution in [0.1, 0.15) is 37.3 Å². The van der Waals surface area contributed by atoms with Gasteiger partial charge in [-0.25, -0.2) is 0 Å². The number of carbonyl (C=O) groups excluding carboxylic acids is 1. The van der Waals surface area contributed by atoms with Crippen LogP contribution < -0.4 is 0 Å². The summed E-state index contributed by atoms with van der Waals surface area (Å²) >= 11 is -1.21. The van der Waals surface area contributed by atoms with Crippen molar-refractivity contribution in [2.24, 2.45) is 0 Å².